The van der Waals surface area contributed by atoms with Gasteiger partial charge in [0.1, 0.15) is 12.4 Å². The summed E-state index contributed by atoms with van der Waals surface area (Å²) in [6, 6.07) is 0. The van der Waals surface area contributed by atoms with Crippen LogP contribution in [0.4, 0.5) is 0 Å². The van der Waals surface area contributed by atoms with Gasteiger partial charge in [0.05, 0.1) is 6.10 Å². The molecule has 0 amide bonds. The van der Waals surface area contributed by atoms with Crippen LogP contribution >= 0.6 is 0 Å². The number of nitrogens with one attached hydrogen (secondary N) is 1. The standard InChI is InChI=1S/C12H20N4O/c1-2-7-16-11(5-1)14-15-12(16)9-17-10-4-3-6-13-8-10/h10,13H,1-9H2/t10-/m0/s1. The number of hydrogen-bond donors (Lipinski definition) is 1. The van der Waals surface area contributed by atoms with E-state index in [0.717, 1.165) is 44.1 Å². The van der Waals surface area contributed by atoms with Gasteiger partial charge in [-0.3, -0.25) is 0 Å². The van der Waals surface area contributed by atoms with Crippen molar-refractivity contribution in [3.8, 4) is 0 Å². The first-order valence-corrected chi connectivity index (χ1v) is 6.67. The molecule has 1 atom stereocenters. The van der Waals surface area contributed by atoms with E-state index in [0.29, 0.717) is 12.7 Å². The van der Waals surface area contributed by atoms with Crippen molar-refractivity contribution in [2.24, 2.45) is 0 Å². The first kappa shape index (κ1) is 11.2. The van der Waals surface area contributed by atoms with Crippen molar-refractivity contribution >= 4 is 0 Å². The van der Waals surface area contributed by atoms with Gasteiger partial charge < -0.3 is 14.6 Å². The van der Waals surface area contributed by atoms with E-state index in [1.165, 1.54) is 19.3 Å². The molecule has 0 unspecified atom stereocenters. The predicted octanol–water partition coefficient (Wildman–Crippen LogP) is 0.883. The molecule has 1 N–H and O–H groups in total. The molecule has 0 saturated carbocycles. The van der Waals surface area contributed by atoms with Crippen molar-refractivity contribution in [2.75, 3.05) is 13.1 Å². The number of aromatic nitrogens is 3. The lowest BCUT2D eigenvalue weighted by Crippen LogP contribution is -2.35. The Balaban J connectivity index is 1.59. The van der Waals surface area contributed by atoms with Crippen LogP contribution in [-0.4, -0.2) is 34.0 Å². The second-order valence-electron chi connectivity index (χ2n) is 4.92. The minimum Gasteiger partial charge on any atom is -0.369 e. The van der Waals surface area contributed by atoms with E-state index in [4.69, 9.17) is 4.74 Å². The van der Waals surface area contributed by atoms with Crippen LogP contribution in [0, 0.1) is 0 Å². The van der Waals surface area contributed by atoms with Crippen molar-refractivity contribution in [1.82, 2.24) is 20.1 Å². The summed E-state index contributed by atoms with van der Waals surface area (Å²) in [7, 11) is 0. The van der Waals surface area contributed by atoms with Gasteiger partial charge in [-0.2, -0.15) is 0 Å². The van der Waals surface area contributed by atoms with Crippen molar-refractivity contribution in [3.63, 3.8) is 0 Å². The molecule has 1 aromatic rings. The smallest absolute Gasteiger partial charge is 0.159 e. The molecule has 17 heavy (non-hydrogen) atoms. The summed E-state index contributed by atoms with van der Waals surface area (Å²) in [4.78, 5) is 0. The highest BCUT2D eigenvalue weighted by Gasteiger charge is 2.18. The lowest BCUT2D eigenvalue weighted by atomic mass is 10.1. The molecule has 1 saturated heterocycles. The number of nitrogens with zero attached hydrogens (tertiary/aromatic N) is 3. The Morgan fingerprint density at radius 3 is 3.18 bits per heavy atom. The van der Waals surface area contributed by atoms with Gasteiger partial charge >= 0.3 is 0 Å². The number of ether oxygens (including phenoxy) is 1. The van der Waals surface area contributed by atoms with Crippen molar-refractivity contribution in [3.05, 3.63) is 11.6 Å². The first-order valence-electron chi connectivity index (χ1n) is 6.67. The third kappa shape index (κ3) is 2.50. The SMILES string of the molecule is C1CCn2c(nnc2CO[C@H]2CCCNC2)C1. The highest BCUT2D eigenvalue weighted by Crippen LogP contribution is 2.16. The van der Waals surface area contributed by atoms with Gasteiger partial charge in [-0.05, 0) is 32.2 Å². The average Bonchev–Trinajstić information content (AvgIpc) is 2.81. The zero-order valence-electron chi connectivity index (χ0n) is 10.2. The highest BCUT2D eigenvalue weighted by molar-refractivity contribution is 4.97. The molecule has 5 heteroatoms. The van der Waals surface area contributed by atoms with Crippen LogP contribution in [-0.2, 0) is 24.3 Å². The van der Waals surface area contributed by atoms with Crippen molar-refractivity contribution < 1.29 is 4.74 Å². The van der Waals surface area contributed by atoms with E-state index in [2.05, 4.69) is 20.1 Å². The molecule has 5 nitrogen and oxygen atoms in total. The molecule has 2 aliphatic rings. The Hall–Kier alpha value is -0.940. The highest BCUT2D eigenvalue weighted by atomic mass is 16.5. The van der Waals surface area contributed by atoms with Gasteiger partial charge in [0.25, 0.3) is 0 Å². The van der Waals surface area contributed by atoms with E-state index in [9.17, 15) is 0 Å². The minimum atomic E-state index is 0.347. The normalized spacial score (nSPS) is 24.6. The average molecular weight is 236 g/mol. The summed E-state index contributed by atoms with van der Waals surface area (Å²) in [6.07, 6.45) is 6.27. The van der Waals surface area contributed by atoms with Crippen LogP contribution in [0.5, 0.6) is 0 Å². The van der Waals surface area contributed by atoms with Crippen LogP contribution in [0.3, 0.4) is 0 Å². The van der Waals surface area contributed by atoms with E-state index >= 15 is 0 Å². The summed E-state index contributed by atoms with van der Waals surface area (Å²) in [5, 5.41) is 11.8. The Morgan fingerprint density at radius 1 is 1.29 bits per heavy atom. The first-order chi connectivity index (χ1) is 8.43. The van der Waals surface area contributed by atoms with Gasteiger partial charge in [-0.1, -0.05) is 0 Å². The largest absolute Gasteiger partial charge is 0.369 e. The quantitative estimate of drug-likeness (QED) is 0.846. The molecule has 3 heterocycles. The lowest BCUT2D eigenvalue weighted by molar-refractivity contribution is 0.0201. The number of hydrogen-bond acceptors (Lipinski definition) is 4. The minimum absolute atomic E-state index is 0.347. The topological polar surface area (TPSA) is 52.0 Å². The summed E-state index contributed by atoms with van der Waals surface area (Å²) < 4.78 is 8.14. The maximum Gasteiger partial charge on any atom is 0.159 e. The van der Waals surface area contributed by atoms with Crippen LogP contribution in [0.25, 0.3) is 0 Å². The van der Waals surface area contributed by atoms with Crippen LogP contribution in [0.1, 0.15) is 37.3 Å². The third-order valence-electron chi connectivity index (χ3n) is 3.64. The number of fused-ring (bicyclic) bond motifs is 1. The summed E-state index contributed by atoms with van der Waals surface area (Å²) in [6.45, 7) is 3.77. The van der Waals surface area contributed by atoms with E-state index in [1.54, 1.807) is 0 Å². The summed E-state index contributed by atoms with van der Waals surface area (Å²) >= 11 is 0. The molecule has 0 aliphatic carbocycles. The Morgan fingerprint density at radius 2 is 2.29 bits per heavy atom. The third-order valence-corrected chi connectivity index (χ3v) is 3.64. The number of rotatable bonds is 3. The molecule has 0 aromatic carbocycles. The molecule has 0 radical (unpaired) electrons. The Labute approximate surface area is 102 Å². The number of piperidine rings is 1. The summed E-state index contributed by atoms with van der Waals surface area (Å²) in [5.74, 6) is 2.14. The van der Waals surface area contributed by atoms with Crippen LogP contribution < -0.4 is 5.32 Å². The van der Waals surface area contributed by atoms with Gasteiger partial charge in [-0.25, -0.2) is 0 Å². The Bertz CT molecular complexity index is 371. The maximum atomic E-state index is 5.91. The molecular formula is C12H20N4O. The maximum absolute atomic E-state index is 5.91. The molecule has 94 valence electrons. The van der Waals surface area contributed by atoms with Gasteiger partial charge in [0.2, 0.25) is 0 Å². The molecule has 2 aliphatic heterocycles. The summed E-state index contributed by atoms with van der Waals surface area (Å²) in [5.41, 5.74) is 0. The number of aryl methyl sites for hydroxylation is 1. The van der Waals surface area contributed by atoms with E-state index in [1.807, 2.05) is 0 Å². The second kappa shape index (κ2) is 5.14. The molecule has 0 spiro atoms. The molecule has 1 fully saturated rings. The van der Waals surface area contributed by atoms with E-state index < -0.39 is 0 Å². The van der Waals surface area contributed by atoms with Crippen LogP contribution in [0.15, 0.2) is 0 Å². The fourth-order valence-corrected chi connectivity index (χ4v) is 2.63. The van der Waals surface area contributed by atoms with E-state index in [-0.39, 0.29) is 0 Å². The zero-order chi connectivity index (χ0) is 11.5. The lowest BCUT2D eigenvalue weighted by Gasteiger charge is -2.23. The zero-order valence-corrected chi connectivity index (χ0v) is 10.2. The van der Waals surface area contributed by atoms with Crippen molar-refractivity contribution in [1.29, 1.82) is 0 Å². The molecule has 3 rings (SSSR count). The fourth-order valence-electron chi connectivity index (χ4n) is 2.63. The molecule has 1 aromatic heterocycles. The van der Waals surface area contributed by atoms with Gasteiger partial charge in [0, 0.05) is 19.5 Å². The Kier molecular flexibility index (Phi) is 3.38. The van der Waals surface area contributed by atoms with Gasteiger partial charge in [-0.15, -0.1) is 10.2 Å². The predicted molar refractivity (Wildman–Crippen MR) is 63.6 cm³/mol. The molecular weight excluding hydrogens is 216 g/mol. The molecule has 0 bridgehead atoms. The van der Waals surface area contributed by atoms with Crippen LogP contribution in [0.2, 0.25) is 0 Å². The fraction of sp³-hybridized carbons (Fsp3) is 0.833. The monoisotopic (exact) mass is 236 g/mol. The van der Waals surface area contributed by atoms with Crippen molar-refractivity contribution in [2.45, 2.75) is 51.4 Å². The van der Waals surface area contributed by atoms with Gasteiger partial charge in [0.15, 0.2) is 5.82 Å². The second-order valence-corrected chi connectivity index (χ2v) is 4.92.